The highest BCUT2D eigenvalue weighted by atomic mass is 79.9. The molecule has 0 spiro atoms. The van der Waals surface area contributed by atoms with E-state index >= 15 is 0 Å². The number of ether oxygens (including phenoxy) is 1. The van der Waals surface area contributed by atoms with Gasteiger partial charge in [0.25, 0.3) is 5.91 Å². The molecule has 0 bridgehead atoms. The van der Waals surface area contributed by atoms with Gasteiger partial charge in [0, 0.05) is 0 Å². The molecule has 5 heteroatoms. The van der Waals surface area contributed by atoms with E-state index in [1.54, 1.807) is 0 Å². The highest BCUT2D eigenvalue weighted by molar-refractivity contribution is 9.10. The van der Waals surface area contributed by atoms with Crippen molar-refractivity contribution in [3.8, 4) is 5.75 Å². The molecule has 1 N–H and O–H groups in total. The summed E-state index contributed by atoms with van der Waals surface area (Å²) in [6.45, 7) is 4.01. The van der Waals surface area contributed by atoms with Crippen LogP contribution in [0.15, 0.2) is 58.1 Å². The van der Waals surface area contributed by atoms with E-state index < -0.39 is 0 Å². The van der Waals surface area contributed by atoms with E-state index in [0.29, 0.717) is 5.75 Å². The number of nitrogens with one attached hydrogen (secondary N) is 1. The Labute approximate surface area is 151 Å². The molecule has 0 aliphatic heterocycles. The van der Waals surface area contributed by atoms with Crippen LogP contribution >= 0.6 is 15.9 Å². The molecule has 0 aliphatic carbocycles. The molecule has 0 atom stereocenters. The number of carbonyl (C=O) groups is 1. The first-order chi connectivity index (χ1) is 11.6. The lowest BCUT2D eigenvalue weighted by molar-refractivity contribution is -0.123. The van der Waals surface area contributed by atoms with E-state index in [9.17, 15) is 4.79 Å². The molecule has 2 aromatic rings. The highest BCUT2D eigenvalue weighted by Crippen LogP contribution is 2.26. The van der Waals surface area contributed by atoms with E-state index in [1.165, 1.54) is 5.56 Å². The van der Waals surface area contributed by atoms with Crippen LogP contribution in [0.5, 0.6) is 5.75 Å². The van der Waals surface area contributed by atoms with Gasteiger partial charge in [0.2, 0.25) is 0 Å². The van der Waals surface area contributed by atoms with Crippen molar-refractivity contribution in [2.75, 3.05) is 6.61 Å². The van der Waals surface area contributed by atoms with Gasteiger partial charge in [-0.1, -0.05) is 50.2 Å². The average molecular weight is 389 g/mol. The number of hydrazone groups is 1. The van der Waals surface area contributed by atoms with E-state index in [4.69, 9.17) is 4.74 Å². The van der Waals surface area contributed by atoms with Crippen LogP contribution in [0.2, 0.25) is 0 Å². The molecule has 0 radical (unpaired) electrons. The fourth-order valence-corrected chi connectivity index (χ4v) is 2.71. The van der Waals surface area contributed by atoms with Crippen molar-refractivity contribution in [2.24, 2.45) is 5.10 Å². The zero-order valence-corrected chi connectivity index (χ0v) is 15.5. The summed E-state index contributed by atoms with van der Waals surface area (Å²) in [6, 6.07) is 15.6. The van der Waals surface area contributed by atoms with Gasteiger partial charge >= 0.3 is 0 Å². The van der Waals surface area contributed by atoms with Crippen LogP contribution in [0.4, 0.5) is 0 Å². The molecule has 2 rings (SSSR count). The Morgan fingerprint density at radius 3 is 2.54 bits per heavy atom. The van der Waals surface area contributed by atoms with Crippen LogP contribution in [0.1, 0.15) is 31.4 Å². The van der Waals surface area contributed by atoms with Crippen molar-refractivity contribution in [1.29, 1.82) is 0 Å². The lowest BCUT2D eigenvalue weighted by Crippen LogP contribution is -2.26. The maximum absolute atomic E-state index is 11.9. The largest absolute Gasteiger partial charge is 0.483 e. The number of amides is 1. The minimum atomic E-state index is -0.289. The second kappa shape index (κ2) is 9.23. The standard InChI is InChI=1S/C19H21BrN2O2/c1-3-14-10-11-18(16(20)12-14)24-13-19(23)22-21-17(4-2)15-8-6-5-7-9-15/h5-12H,3-4,13H2,1-2H3,(H,22,23). The van der Waals surface area contributed by atoms with Crippen LogP contribution in [0.3, 0.4) is 0 Å². The molecule has 126 valence electrons. The third-order valence-electron chi connectivity index (χ3n) is 3.52. The average Bonchev–Trinajstić information content (AvgIpc) is 2.62. The van der Waals surface area contributed by atoms with Gasteiger partial charge in [0.1, 0.15) is 5.75 Å². The second-order valence-electron chi connectivity index (χ2n) is 5.22. The van der Waals surface area contributed by atoms with Gasteiger partial charge in [0.15, 0.2) is 6.61 Å². The molecule has 0 unspecified atom stereocenters. The summed E-state index contributed by atoms with van der Waals surface area (Å²) in [4.78, 5) is 11.9. The predicted octanol–water partition coefficient (Wildman–Crippen LogP) is 4.32. The molecular formula is C19H21BrN2O2. The fourth-order valence-electron chi connectivity index (χ4n) is 2.16. The van der Waals surface area contributed by atoms with Crippen molar-refractivity contribution in [2.45, 2.75) is 26.7 Å². The Bertz CT molecular complexity index is 715. The Kier molecular flexibility index (Phi) is 7.00. The zero-order chi connectivity index (χ0) is 17.4. The number of nitrogens with zero attached hydrogens (tertiary/aromatic N) is 1. The summed E-state index contributed by atoms with van der Waals surface area (Å²) in [6.07, 6.45) is 1.68. The Balaban J connectivity index is 1.92. The number of halogens is 1. The van der Waals surface area contributed by atoms with Crippen LogP contribution in [0.25, 0.3) is 0 Å². The molecular weight excluding hydrogens is 368 g/mol. The van der Waals surface area contributed by atoms with Gasteiger partial charge in [0.05, 0.1) is 10.2 Å². The monoisotopic (exact) mass is 388 g/mol. The van der Waals surface area contributed by atoms with Crippen molar-refractivity contribution in [3.63, 3.8) is 0 Å². The Hall–Kier alpha value is -2.14. The van der Waals surface area contributed by atoms with Gasteiger partial charge in [-0.15, -0.1) is 0 Å². The third-order valence-corrected chi connectivity index (χ3v) is 4.14. The molecule has 0 aromatic heterocycles. The molecule has 0 aliphatic rings. The van der Waals surface area contributed by atoms with Gasteiger partial charge in [-0.2, -0.15) is 5.10 Å². The SMILES string of the molecule is CCC(=NNC(=O)COc1ccc(CC)cc1Br)c1ccccc1. The molecule has 2 aromatic carbocycles. The lowest BCUT2D eigenvalue weighted by Gasteiger charge is -2.09. The minimum absolute atomic E-state index is 0.0840. The molecule has 24 heavy (non-hydrogen) atoms. The molecule has 0 saturated heterocycles. The molecule has 1 amide bonds. The summed E-state index contributed by atoms with van der Waals surface area (Å²) in [7, 11) is 0. The quantitative estimate of drug-likeness (QED) is 0.566. The number of rotatable bonds is 7. The zero-order valence-electron chi connectivity index (χ0n) is 13.9. The van der Waals surface area contributed by atoms with E-state index in [2.05, 4.69) is 33.4 Å². The normalized spacial score (nSPS) is 11.2. The number of benzene rings is 2. The number of hydrogen-bond acceptors (Lipinski definition) is 3. The fraction of sp³-hybridized carbons (Fsp3) is 0.263. The Morgan fingerprint density at radius 2 is 1.92 bits per heavy atom. The van der Waals surface area contributed by atoms with E-state index in [-0.39, 0.29) is 12.5 Å². The van der Waals surface area contributed by atoms with Crippen molar-refractivity contribution in [3.05, 3.63) is 64.1 Å². The summed E-state index contributed by atoms with van der Waals surface area (Å²) in [5.41, 5.74) is 5.59. The highest BCUT2D eigenvalue weighted by Gasteiger charge is 2.07. The predicted molar refractivity (Wildman–Crippen MR) is 100 cm³/mol. The second-order valence-corrected chi connectivity index (χ2v) is 6.07. The van der Waals surface area contributed by atoms with Crippen molar-refractivity contribution in [1.82, 2.24) is 5.43 Å². The summed E-state index contributed by atoms with van der Waals surface area (Å²) < 4.78 is 6.39. The molecule has 4 nitrogen and oxygen atoms in total. The van der Waals surface area contributed by atoms with Crippen LogP contribution < -0.4 is 10.2 Å². The van der Waals surface area contributed by atoms with Crippen LogP contribution in [-0.4, -0.2) is 18.2 Å². The lowest BCUT2D eigenvalue weighted by atomic mass is 10.1. The third kappa shape index (κ3) is 5.20. The number of hydrogen-bond donors (Lipinski definition) is 1. The van der Waals surface area contributed by atoms with E-state index in [1.807, 2.05) is 55.5 Å². The topological polar surface area (TPSA) is 50.7 Å². The summed E-state index contributed by atoms with van der Waals surface area (Å²) in [5, 5.41) is 4.20. The van der Waals surface area contributed by atoms with Crippen LogP contribution in [0, 0.1) is 0 Å². The smallest absolute Gasteiger partial charge is 0.277 e. The van der Waals surface area contributed by atoms with Gasteiger partial charge in [-0.05, 0) is 52.0 Å². The minimum Gasteiger partial charge on any atom is -0.483 e. The number of aryl methyl sites for hydroxylation is 1. The molecule has 0 saturated carbocycles. The molecule has 0 heterocycles. The summed E-state index contributed by atoms with van der Waals surface area (Å²) in [5.74, 6) is 0.355. The van der Waals surface area contributed by atoms with Gasteiger partial charge in [-0.25, -0.2) is 5.43 Å². The first-order valence-corrected chi connectivity index (χ1v) is 8.75. The summed E-state index contributed by atoms with van der Waals surface area (Å²) >= 11 is 3.46. The maximum Gasteiger partial charge on any atom is 0.277 e. The van der Waals surface area contributed by atoms with E-state index in [0.717, 1.165) is 28.6 Å². The van der Waals surface area contributed by atoms with Gasteiger partial charge in [-0.3, -0.25) is 4.79 Å². The molecule has 0 fully saturated rings. The maximum atomic E-state index is 11.9. The van der Waals surface area contributed by atoms with Crippen LogP contribution in [-0.2, 0) is 11.2 Å². The Morgan fingerprint density at radius 1 is 1.17 bits per heavy atom. The number of carbonyl (C=O) groups excluding carboxylic acids is 1. The first kappa shape index (κ1) is 18.2. The first-order valence-electron chi connectivity index (χ1n) is 7.96. The van der Waals surface area contributed by atoms with Crippen molar-refractivity contribution >= 4 is 27.5 Å². The van der Waals surface area contributed by atoms with Crippen molar-refractivity contribution < 1.29 is 9.53 Å². The van der Waals surface area contributed by atoms with Gasteiger partial charge < -0.3 is 4.74 Å².